The molecule has 0 fully saturated rings. The number of sulfone groups is 1. The van der Waals surface area contributed by atoms with Crippen LogP contribution in [0.25, 0.3) is 10.6 Å². The van der Waals surface area contributed by atoms with Crippen molar-refractivity contribution in [1.29, 1.82) is 0 Å². The van der Waals surface area contributed by atoms with Gasteiger partial charge in [-0.1, -0.05) is 22.9 Å². The molecular formula is C14H13ClF3N3O4S2. The Bertz CT molecular complexity index is 947. The predicted molar refractivity (Wildman–Crippen MR) is 94.3 cm³/mol. The first-order valence-corrected chi connectivity index (χ1v) is 10.3. The van der Waals surface area contributed by atoms with E-state index < -0.39 is 39.8 Å². The normalized spacial score (nSPS) is 12.2. The van der Waals surface area contributed by atoms with Crippen LogP contribution >= 0.6 is 22.9 Å². The van der Waals surface area contributed by atoms with Crippen LogP contribution in [0.1, 0.15) is 6.42 Å². The molecule has 2 aromatic rings. The van der Waals surface area contributed by atoms with Crippen LogP contribution in [0.2, 0.25) is 5.15 Å². The fourth-order valence-corrected chi connectivity index (χ4v) is 4.48. The first-order chi connectivity index (χ1) is 12.4. The third-order valence-electron chi connectivity index (χ3n) is 3.28. The molecule has 0 radical (unpaired) electrons. The first-order valence-electron chi connectivity index (χ1n) is 7.27. The highest BCUT2D eigenvalue weighted by Crippen LogP contribution is 2.37. The fraction of sp³-hybridized carbons (Fsp3) is 0.357. The Labute approximate surface area is 161 Å². The Hall–Kier alpha value is -1.92. The number of anilines is 1. The number of aromatic nitrogens is 2. The summed E-state index contributed by atoms with van der Waals surface area (Å²) in [6, 6.07) is 3.11. The van der Waals surface area contributed by atoms with Gasteiger partial charge in [0.2, 0.25) is 5.91 Å². The van der Waals surface area contributed by atoms with Crippen LogP contribution in [0.15, 0.2) is 24.5 Å². The third-order valence-corrected chi connectivity index (χ3v) is 6.43. The second-order valence-electron chi connectivity index (χ2n) is 5.48. The molecule has 27 heavy (non-hydrogen) atoms. The van der Waals surface area contributed by atoms with E-state index in [4.69, 9.17) is 11.6 Å². The van der Waals surface area contributed by atoms with Gasteiger partial charge in [-0.25, -0.2) is 13.4 Å². The lowest BCUT2D eigenvalue weighted by Crippen LogP contribution is -2.30. The van der Waals surface area contributed by atoms with Gasteiger partial charge in [-0.15, -0.1) is 0 Å². The molecule has 0 bridgehead atoms. The minimum absolute atomic E-state index is 0.0506. The van der Waals surface area contributed by atoms with Gasteiger partial charge >= 0.3 is 6.18 Å². The van der Waals surface area contributed by atoms with E-state index in [1.807, 2.05) is 0 Å². The number of hydrogen-bond acceptors (Lipinski definition) is 6. The molecule has 0 aliphatic carbocycles. The van der Waals surface area contributed by atoms with Gasteiger partial charge in [0.1, 0.15) is 15.8 Å². The van der Waals surface area contributed by atoms with Crippen molar-refractivity contribution in [3.8, 4) is 10.6 Å². The quantitative estimate of drug-likeness (QED) is 0.505. The molecule has 2 rings (SSSR count). The van der Waals surface area contributed by atoms with Crippen molar-refractivity contribution in [2.75, 3.05) is 23.5 Å². The summed E-state index contributed by atoms with van der Waals surface area (Å²) in [4.78, 5) is 17.2. The highest BCUT2D eigenvalue weighted by Gasteiger charge is 2.35. The maximum Gasteiger partial charge on any atom is 0.402 e. The summed E-state index contributed by atoms with van der Waals surface area (Å²) in [5, 5.41) is 11.8. The minimum Gasteiger partial charge on any atom is -0.619 e. The van der Waals surface area contributed by atoms with Crippen LogP contribution in [-0.4, -0.2) is 44.0 Å². The minimum atomic E-state index is -4.86. The highest BCUT2D eigenvalue weighted by atomic mass is 35.5. The molecule has 148 valence electrons. The van der Waals surface area contributed by atoms with Gasteiger partial charge < -0.3 is 10.1 Å². The Morgan fingerprint density at radius 2 is 2.11 bits per heavy atom. The summed E-state index contributed by atoms with van der Waals surface area (Å²) in [6.07, 6.45) is -2.97. The van der Waals surface area contributed by atoms with Crippen LogP contribution in [0.4, 0.5) is 18.2 Å². The van der Waals surface area contributed by atoms with E-state index in [2.05, 4.69) is 4.98 Å². The van der Waals surface area contributed by atoms with Crippen molar-refractivity contribution in [2.45, 2.75) is 12.6 Å². The van der Waals surface area contributed by atoms with Crippen LogP contribution in [-0.2, 0) is 14.6 Å². The van der Waals surface area contributed by atoms with E-state index in [0.717, 1.165) is 16.2 Å². The molecule has 0 saturated heterocycles. The summed E-state index contributed by atoms with van der Waals surface area (Å²) in [5.41, 5.74) is 0.458. The summed E-state index contributed by atoms with van der Waals surface area (Å²) in [6.45, 7) is 0. The second-order valence-corrected chi connectivity index (χ2v) is 9.00. The molecule has 0 aliphatic rings. The van der Waals surface area contributed by atoms with Gasteiger partial charge in [-0.3, -0.25) is 4.79 Å². The van der Waals surface area contributed by atoms with Gasteiger partial charge in [-0.2, -0.15) is 17.9 Å². The molecule has 1 amide bonds. The highest BCUT2D eigenvalue weighted by molar-refractivity contribution is 7.91. The molecule has 0 saturated carbocycles. The number of amides is 1. The van der Waals surface area contributed by atoms with Crippen LogP contribution < -0.4 is 9.63 Å². The number of rotatable bonds is 6. The number of thiazole rings is 1. The van der Waals surface area contributed by atoms with E-state index in [0.29, 0.717) is 15.3 Å². The molecule has 2 aromatic heterocycles. The predicted octanol–water partition coefficient (Wildman–Crippen LogP) is 2.43. The Morgan fingerprint density at radius 1 is 1.44 bits per heavy atom. The summed E-state index contributed by atoms with van der Waals surface area (Å²) < 4.78 is 60.1. The molecule has 0 N–H and O–H groups in total. The Morgan fingerprint density at radius 3 is 2.70 bits per heavy atom. The maximum absolute atomic E-state index is 12.2. The third kappa shape index (κ3) is 6.04. The molecular weight excluding hydrogens is 431 g/mol. The number of carbonyl (C=O) groups is 1. The van der Waals surface area contributed by atoms with E-state index in [9.17, 15) is 31.6 Å². The average molecular weight is 444 g/mol. The van der Waals surface area contributed by atoms with Gasteiger partial charge in [0.05, 0.1) is 11.3 Å². The fourth-order valence-electron chi connectivity index (χ4n) is 2.05. The van der Waals surface area contributed by atoms with Gasteiger partial charge in [-0.05, 0) is 6.07 Å². The van der Waals surface area contributed by atoms with Crippen molar-refractivity contribution < 1.29 is 31.1 Å². The van der Waals surface area contributed by atoms with E-state index in [1.165, 1.54) is 25.5 Å². The number of nitrogens with zero attached hydrogens (tertiary/aromatic N) is 3. The first kappa shape index (κ1) is 21.4. The van der Waals surface area contributed by atoms with Gasteiger partial charge in [0.25, 0.3) is 0 Å². The number of alkyl halides is 3. The molecule has 0 spiro atoms. The lowest BCUT2D eigenvalue weighted by atomic mass is 10.3. The van der Waals surface area contributed by atoms with Gasteiger partial charge in [0, 0.05) is 19.5 Å². The molecule has 0 aliphatic heterocycles. The lowest BCUT2D eigenvalue weighted by Gasteiger charge is -2.15. The zero-order valence-corrected chi connectivity index (χ0v) is 16.1. The van der Waals surface area contributed by atoms with Crippen molar-refractivity contribution in [3.63, 3.8) is 0 Å². The van der Waals surface area contributed by atoms with Gasteiger partial charge in [0.15, 0.2) is 27.4 Å². The van der Waals surface area contributed by atoms with Crippen molar-refractivity contribution in [3.05, 3.63) is 34.9 Å². The molecule has 0 atom stereocenters. The molecule has 0 unspecified atom stereocenters. The monoisotopic (exact) mass is 443 g/mol. The summed E-state index contributed by atoms with van der Waals surface area (Å²) in [7, 11) is -3.15. The Kier molecular flexibility index (Phi) is 6.32. The molecule has 13 heteroatoms. The summed E-state index contributed by atoms with van der Waals surface area (Å²) >= 11 is 6.99. The van der Waals surface area contributed by atoms with E-state index in [-0.39, 0.29) is 10.2 Å². The molecule has 7 nitrogen and oxygen atoms in total. The smallest absolute Gasteiger partial charge is 0.402 e. The maximum atomic E-state index is 12.2. The topological polar surface area (TPSA) is 94.3 Å². The summed E-state index contributed by atoms with van der Waals surface area (Å²) in [5.74, 6) is -3.65. The van der Waals surface area contributed by atoms with Crippen molar-refractivity contribution in [2.24, 2.45) is 0 Å². The number of carbonyl (C=O) groups excluding carboxylic acids is 1. The zero-order valence-electron chi connectivity index (χ0n) is 13.7. The zero-order chi connectivity index (χ0) is 20.4. The van der Waals surface area contributed by atoms with Crippen molar-refractivity contribution >= 4 is 43.7 Å². The van der Waals surface area contributed by atoms with Crippen molar-refractivity contribution in [1.82, 2.24) is 4.98 Å². The number of halogens is 4. The SMILES string of the molecule is CN(C(=O)CCS(=O)(=O)CC(F)(F)F)c1sc(-c2ccc[n+]([O-])c2)nc1Cl. The van der Waals surface area contributed by atoms with Crippen LogP contribution in [0, 0.1) is 5.21 Å². The lowest BCUT2D eigenvalue weighted by molar-refractivity contribution is -0.604. The van der Waals surface area contributed by atoms with E-state index in [1.54, 1.807) is 6.07 Å². The number of pyridine rings is 1. The molecule has 2 heterocycles. The largest absolute Gasteiger partial charge is 0.619 e. The average Bonchev–Trinajstić information content (AvgIpc) is 2.91. The van der Waals surface area contributed by atoms with Crippen LogP contribution in [0.3, 0.4) is 0 Å². The van der Waals surface area contributed by atoms with E-state index >= 15 is 0 Å². The second kappa shape index (κ2) is 7.98. The number of hydrogen-bond donors (Lipinski definition) is 0. The standard InChI is InChI=1S/C14H13ClF3N3O4S2/c1-20(10(22)4-6-27(24,25)8-14(16,17)18)13-11(15)19-12(26-13)9-3-2-5-21(23)7-9/h2-3,5,7H,4,6,8H2,1H3. The van der Waals surface area contributed by atoms with Crippen LogP contribution in [0.5, 0.6) is 0 Å². The Balaban J connectivity index is 2.11. The molecule has 0 aromatic carbocycles.